The Bertz CT molecular complexity index is 382. The summed E-state index contributed by atoms with van der Waals surface area (Å²) in [6.07, 6.45) is 2.88. The van der Waals surface area contributed by atoms with Gasteiger partial charge in [-0.05, 0) is 36.7 Å². The number of nitrogens with one attached hydrogen (secondary N) is 1. The summed E-state index contributed by atoms with van der Waals surface area (Å²) in [7, 11) is 0. The smallest absolute Gasteiger partial charge is 0.253 e. The van der Waals surface area contributed by atoms with Gasteiger partial charge < -0.3 is 5.32 Å². The lowest BCUT2D eigenvalue weighted by Gasteiger charge is -2.08. The molecule has 1 rings (SSSR count). The fourth-order valence-electron chi connectivity index (χ4n) is 1.49. The molecule has 5 heteroatoms. The van der Waals surface area contributed by atoms with Crippen molar-refractivity contribution in [3.05, 3.63) is 23.0 Å². The van der Waals surface area contributed by atoms with Crippen LogP contribution in [0.4, 0.5) is 0 Å². The third-order valence-corrected chi connectivity index (χ3v) is 3.18. The zero-order valence-corrected chi connectivity index (χ0v) is 12.5. The molecular weight excluding hydrogens is 329 g/mol. The molecule has 0 saturated carbocycles. The minimum atomic E-state index is -0.0340. The second-order valence-corrected chi connectivity index (χ2v) is 4.93. The standard InChI is InChI=1S/C12H18IN3O/c1-3-11-10(8-9(2)15-16-11)12(17)14-7-5-4-6-13/h8H,3-7H2,1-2H3,(H,14,17). The van der Waals surface area contributed by atoms with Crippen LogP contribution in [0, 0.1) is 6.92 Å². The summed E-state index contributed by atoms with van der Waals surface area (Å²) in [5.74, 6) is -0.0340. The molecule has 1 amide bonds. The van der Waals surface area contributed by atoms with Crippen molar-refractivity contribution < 1.29 is 4.79 Å². The van der Waals surface area contributed by atoms with E-state index in [1.54, 1.807) is 6.07 Å². The first kappa shape index (κ1) is 14.3. The van der Waals surface area contributed by atoms with Crippen molar-refractivity contribution in [2.45, 2.75) is 33.1 Å². The highest BCUT2D eigenvalue weighted by atomic mass is 127. The van der Waals surface area contributed by atoms with E-state index in [0.29, 0.717) is 5.56 Å². The van der Waals surface area contributed by atoms with E-state index < -0.39 is 0 Å². The Morgan fingerprint density at radius 1 is 1.41 bits per heavy atom. The van der Waals surface area contributed by atoms with Gasteiger partial charge in [0.25, 0.3) is 5.91 Å². The number of nitrogens with zero attached hydrogens (tertiary/aromatic N) is 2. The van der Waals surface area contributed by atoms with Gasteiger partial charge in [-0.25, -0.2) is 0 Å². The van der Waals surface area contributed by atoms with Gasteiger partial charge in [0, 0.05) is 6.54 Å². The molecule has 0 fully saturated rings. The number of hydrogen-bond donors (Lipinski definition) is 1. The van der Waals surface area contributed by atoms with Crippen LogP contribution < -0.4 is 5.32 Å². The Balaban J connectivity index is 2.64. The maximum atomic E-state index is 12.0. The second-order valence-electron chi connectivity index (χ2n) is 3.85. The van der Waals surface area contributed by atoms with Crippen LogP contribution in [-0.2, 0) is 6.42 Å². The highest BCUT2D eigenvalue weighted by molar-refractivity contribution is 14.1. The topological polar surface area (TPSA) is 54.9 Å². The van der Waals surface area contributed by atoms with E-state index >= 15 is 0 Å². The van der Waals surface area contributed by atoms with E-state index in [1.165, 1.54) is 0 Å². The molecule has 0 bridgehead atoms. The molecule has 1 aromatic rings. The molecular formula is C12H18IN3O. The lowest BCUT2D eigenvalue weighted by Crippen LogP contribution is -2.26. The summed E-state index contributed by atoms with van der Waals surface area (Å²) in [6.45, 7) is 4.55. The van der Waals surface area contributed by atoms with Gasteiger partial charge in [-0.3, -0.25) is 4.79 Å². The molecule has 1 aromatic heterocycles. The highest BCUT2D eigenvalue weighted by Gasteiger charge is 2.11. The number of hydrogen-bond acceptors (Lipinski definition) is 3. The third kappa shape index (κ3) is 4.57. The fourth-order valence-corrected chi connectivity index (χ4v) is 2.03. The number of aromatic nitrogens is 2. The van der Waals surface area contributed by atoms with E-state index in [2.05, 4.69) is 38.1 Å². The molecule has 0 aliphatic carbocycles. The van der Waals surface area contributed by atoms with Gasteiger partial charge in [0.05, 0.1) is 17.0 Å². The Labute approximate surface area is 116 Å². The minimum Gasteiger partial charge on any atom is -0.352 e. The molecule has 0 aromatic carbocycles. The average molecular weight is 347 g/mol. The summed E-state index contributed by atoms with van der Waals surface area (Å²) in [4.78, 5) is 12.0. The van der Waals surface area contributed by atoms with Crippen LogP contribution in [0.1, 0.15) is 41.5 Å². The number of alkyl halides is 1. The summed E-state index contributed by atoms with van der Waals surface area (Å²) in [6, 6.07) is 1.81. The van der Waals surface area contributed by atoms with E-state index in [-0.39, 0.29) is 5.91 Å². The van der Waals surface area contributed by atoms with Crippen molar-refractivity contribution in [2.75, 3.05) is 11.0 Å². The number of aryl methyl sites for hydroxylation is 2. The van der Waals surface area contributed by atoms with Gasteiger partial charge in [-0.2, -0.15) is 10.2 Å². The predicted molar refractivity (Wildman–Crippen MR) is 76.6 cm³/mol. The summed E-state index contributed by atoms with van der Waals surface area (Å²) >= 11 is 2.34. The van der Waals surface area contributed by atoms with Crippen molar-refractivity contribution in [1.82, 2.24) is 15.5 Å². The zero-order chi connectivity index (χ0) is 12.7. The number of carbonyl (C=O) groups excluding carboxylic acids is 1. The van der Waals surface area contributed by atoms with E-state index in [9.17, 15) is 4.79 Å². The van der Waals surface area contributed by atoms with Gasteiger partial charge in [-0.1, -0.05) is 29.5 Å². The molecule has 94 valence electrons. The molecule has 0 saturated heterocycles. The number of rotatable bonds is 6. The SMILES string of the molecule is CCc1nnc(C)cc1C(=O)NCCCCI. The van der Waals surface area contributed by atoms with Crippen LogP contribution in [0.3, 0.4) is 0 Å². The summed E-state index contributed by atoms with van der Waals surface area (Å²) < 4.78 is 1.13. The van der Waals surface area contributed by atoms with E-state index in [4.69, 9.17) is 0 Å². The van der Waals surface area contributed by atoms with Crippen LogP contribution in [0.2, 0.25) is 0 Å². The number of carbonyl (C=O) groups is 1. The molecule has 4 nitrogen and oxygen atoms in total. The largest absolute Gasteiger partial charge is 0.352 e. The summed E-state index contributed by atoms with van der Waals surface area (Å²) in [5, 5.41) is 10.9. The van der Waals surface area contributed by atoms with Crippen LogP contribution in [0.15, 0.2) is 6.07 Å². The third-order valence-electron chi connectivity index (χ3n) is 2.42. The first-order valence-electron chi connectivity index (χ1n) is 5.86. The predicted octanol–water partition coefficient (Wildman–Crippen LogP) is 2.29. The van der Waals surface area contributed by atoms with Crippen LogP contribution in [0.5, 0.6) is 0 Å². The number of amides is 1. The van der Waals surface area contributed by atoms with Gasteiger partial charge in [0.15, 0.2) is 0 Å². The molecule has 1 N–H and O–H groups in total. The van der Waals surface area contributed by atoms with E-state index in [1.807, 2.05) is 13.8 Å². The van der Waals surface area contributed by atoms with Gasteiger partial charge in [0.2, 0.25) is 0 Å². The first-order valence-corrected chi connectivity index (χ1v) is 7.39. The molecule has 0 radical (unpaired) electrons. The maximum absolute atomic E-state index is 12.0. The van der Waals surface area contributed by atoms with Gasteiger partial charge >= 0.3 is 0 Å². The monoisotopic (exact) mass is 347 g/mol. The van der Waals surface area contributed by atoms with Crippen LogP contribution in [0.25, 0.3) is 0 Å². The minimum absolute atomic E-state index is 0.0340. The first-order chi connectivity index (χ1) is 8.19. The second kappa shape index (κ2) is 7.58. The van der Waals surface area contributed by atoms with Crippen molar-refractivity contribution in [3.8, 4) is 0 Å². The zero-order valence-electron chi connectivity index (χ0n) is 10.3. The highest BCUT2D eigenvalue weighted by Crippen LogP contribution is 2.07. The Hall–Kier alpha value is -0.720. The summed E-state index contributed by atoms with van der Waals surface area (Å²) in [5.41, 5.74) is 2.20. The van der Waals surface area contributed by atoms with Crippen molar-refractivity contribution in [3.63, 3.8) is 0 Å². The van der Waals surface area contributed by atoms with Crippen molar-refractivity contribution in [2.24, 2.45) is 0 Å². The molecule has 17 heavy (non-hydrogen) atoms. The molecule has 0 aliphatic heterocycles. The average Bonchev–Trinajstić information content (AvgIpc) is 2.34. The van der Waals surface area contributed by atoms with Gasteiger partial charge in [0.1, 0.15) is 0 Å². The molecule has 0 spiro atoms. The Kier molecular flexibility index (Phi) is 6.39. The lowest BCUT2D eigenvalue weighted by molar-refractivity contribution is 0.0951. The number of unbranched alkanes of at least 4 members (excludes halogenated alkanes) is 1. The van der Waals surface area contributed by atoms with Crippen molar-refractivity contribution in [1.29, 1.82) is 0 Å². The normalized spacial score (nSPS) is 10.3. The fraction of sp³-hybridized carbons (Fsp3) is 0.583. The van der Waals surface area contributed by atoms with Gasteiger partial charge in [-0.15, -0.1) is 0 Å². The van der Waals surface area contributed by atoms with E-state index in [0.717, 1.165) is 41.6 Å². The molecule has 0 aliphatic rings. The number of halogens is 1. The molecule has 0 atom stereocenters. The lowest BCUT2D eigenvalue weighted by atomic mass is 10.1. The molecule has 0 unspecified atom stereocenters. The molecule has 1 heterocycles. The maximum Gasteiger partial charge on any atom is 0.253 e. The Morgan fingerprint density at radius 3 is 2.82 bits per heavy atom. The van der Waals surface area contributed by atoms with Crippen LogP contribution in [-0.4, -0.2) is 27.1 Å². The quantitative estimate of drug-likeness (QED) is 0.488. The Morgan fingerprint density at radius 2 is 2.18 bits per heavy atom. The van der Waals surface area contributed by atoms with Crippen molar-refractivity contribution >= 4 is 28.5 Å². The van der Waals surface area contributed by atoms with Crippen LogP contribution >= 0.6 is 22.6 Å².